The van der Waals surface area contributed by atoms with Gasteiger partial charge in [-0.1, -0.05) is 0 Å². The van der Waals surface area contributed by atoms with Crippen molar-refractivity contribution in [1.29, 1.82) is 5.26 Å². The smallest absolute Gasteiger partial charge is 0.153 e. The highest BCUT2D eigenvalue weighted by Gasteiger charge is 2.64. The number of rotatable bonds is 6. The first kappa shape index (κ1) is 19.5. The Labute approximate surface area is 187 Å². The lowest BCUT2D eigenvalue weighted by Crippen LogP contribution is -2.81. The topological polar surface area (TPSA) is 106 Å². The number of nitrogens with zero attached hydrogens (tertiary/aromatic N) is 5. The summed E-state index contributed by atoms with van der Waals surface area (Å²) in [6.45, 7) is 4.03. The Morgan fingerprint density at radius 3 is 2.78 bits per heavy atom. The van der Waals surface area contributed by atoms with Gasteiger partial charge in [-0.25, -0.2) is 4.98 Å². The molecule has 3 aliphatic rings. The zero-order valence-electron chi connectivity index (χ0n) is 18.5. The zero-order chi connectivity index (χ0) is 21.9. The maximum atomic E-state index is 8.99. The minimum Gasteiger partial charge on any atom is -0.367 e. The molecular weight excluding hydrogens is 400 g/mol. The van der Waals surface area contributed by atoms with Crippen LogP contribution in [0.1, 0.15) is 49.8 Å². The van der Waals surface area contributed by atoms with Crippen LogP contribution < -0.4 is 10.6 Å². The number of hydrogen-bond acceptors (Lipinski definition) is 7. The molecule has 32 heavy (non-hydrogen) atoms. The highest BCUT2D eigenvalue weighted by Crippen LogP contribution is 2.58. The molecule has 8 heteroatoms. The van der Waals surface area contributed by atoms with E-state index in [9.17, 15) is 0 Å². The van der Waals surface area contributed by atoms with Crippen LogP contribution >= 0.6 is 0 Å². The van der Waals surface area contributed by atoms with Crippen molar-refractivity contribution in [1.82, 2.24) is 25.1 Å². The molecule has 0 bridgehead atoms. The zero-order valence-corrected chi connectivity index (χ0v) is 18.5. The number of nitriles is 1. The van der Waals surface area contributed by atoms with Crippen LogP contribution in [0.4, 0.5) is 17.5 Å². The van der Waals surface area contributed by atoms with E-state index in [0.717, 1.165) is 58.9 Å². The van der Waals surface area contributed by atoms with Gasteiger partial charge in [-0.05, 0) is 58.1 Å². The number of pyridine rings is 2. The summed E-state index contributed by atoms with van der Waals surface area (Å²) in [6, 6.07) is 10.1. The van der Waals surface area contributed by atoms with E-state index in [4.69, 9.17) is 10.2 Å². The average molecular weight is 429 g/mol. The molecule has 0 spiro atoms. The highest BCUT2D eigenvalue weighted by atomic mass is 15.4. The van der Waals surface area contributed by atoms with Crippen LogP contribution in [0.15, 0.2) is 24.4 Å². The van der Waals surface area contributed by atoms with Gasteiger partial charge in [-0.3, -0.25) is 15.0 Å². The molecule has 4 atom stereocenters. The Kier molecular flexibility index (Phi) is 4.37. The molecule has 3 fully saturated rings. The quantitative estimate of drug-likeness (QED) is 0.541. The lowest BCUT2D eigenvalue weighted by molar-refractivity contribution is -0.222. The van der Waals surface area contributed by atoms with Crippen molar-refractivity contribution in [3.63, 3.8) is 0 Å². The number of anilines is 3. The monoisotopic (exact) mass is 428 g/mol. The number of hydrogen-bond donors (Lipinski definition) is 3. The number of nitrogens with one attached hydrogen (secondary N) is 3. The van der Waals surface area contributed by atoms with Gasteiger partial charge in [0.1, 0.15) is 11.6 Å². The summed E-state index contributed by atoms with van der Waals surface area (Å²) >= 11 is 0. The number of piperidine rings is 2. The maximum absolute atomic E-state index is 8.99. The van der Waals surface area contributed by atoms with Crippen LogP contribution in [-0.2, 0) is 0 Å². The van der Waals surface area contributed by atoms with E-state index in [1.807, 2.05) is 25.3 Å². The molecule has 3 aliphatic heterocycles. The van der Waals surface area contributed by atoms with E-state index in [-0.39, 0.29) is 0 Å². The normalized spacial score (nSPS) is 28.3. The molecule has 3 aromatic rings. The van der Waals surface area contributed by atoms with Gasteiger partial charge in [0.2, 0.25) is 0 Å². The van der Waals surface area contributed by atoms with E-state index >= 15 is 0 Å². The minimum atomic E-state index is 0.341. The molecule has 8 nitrogen and oxygen atoms in total. The molecule has 1 unspecified atom stereocenters. The van der Waals surface area contributed by atoms with Crippen LogP contribution in [0.5, 0.6) is 0 Å². The lowest BCUT2D eigenvalue weighted by Gasteiger charge is -2.74. The Hall–Kier alpha value is -3.18. The van der Waals surface area contributed by atoms with Crippen molar-refractivity contribution < 1.29 is 0 Å². The third-order valence-electron chi connectivity index (χ3n) is 7.67. The fourth-order valence-corrected chi connectivity index (χ4v) is 6.39. The van der Waals surface area contributed by atoms with E-state index in [1.165, 1.54) is 12.8 Å². The van der Waals surface area contributed by atoms with Gasteiger partial charge >= 0.3 is 0 Å². The summed E-state index contributed by atoms with van der Waals surface area (Å²) in [7, 11) is 0. The van der Waals surface area contributed by atoms with Crippen LogP contribution in [0.25, 0.3) is 10.9 Å². The van der Waals surface area contributed by atoms with Gasteiger partial charge in [0.05, 0.1) is 11.6 Å². The Morgan fingerprint density at radius 2 is 2.06 bits per heavy atom. The van der Waals surface area contributed by atoms with Gasteiger partial charge in [-0.2, -0.15) is 10.4 Å². The van der Waals surface area contributed by atoms with Gasteiger partial charge in [0, 0.05) is 59.0 Å². The summed E-state index contributed by atoms with van der Waals surface area (Å²) in [4.78, 5) is 12.4. The molecule has 6 heterocycles. The Morgan fingerprint density at radius 1 is 1.25 bits per heavy atom. The molecule has 0 saturated carbocycles. The van der Waals surface area contributed by atoms with Gasteiger partial charge in [0.25, 0.3) is 0 Å². The maximum Gasteiger partial charge on any atom is 0.153 e. The number of H-pyrrole nitrogens is 1. The van der Waals surface area contributed by atoms with E-state index in [1.54, 1.807) is 0 Å². The first-order chi connectivity index (χ1) is 15.6. The average Bonchev–Trinajstić information content (AvgIpc) is 3.17. The second kappa shape index (κ2) is 7.17. The predicted octanol–water partition coefficient (Wildman–Crippen LogP) is 4.18. The molecule has 164 valence electrons. The van der Waals surface area contributed by atoms with E-state index in [2.05, 4.69) is 49.8 Å². The molecule has 0 aromatic carbocycles. The molecule has 0 aliphatic carbocycles. The van der Waals surface area contributed by atoms with Crippen molar-refractivity contribution in [3.05, 3.63) is 35.7 Å². The molecule has 0 amide bonds. The van der Waals surface area contributed by atoms with Crippen molar-refractivity contribution in [2.75, 3.05) is 10.6 Å². The Balaban J connectivity index is 1.25. The molecule has 3 aromatic heterocycles. The summed E-state index contributed by atoms with van der Waals surface area (Å²) < 4.78 is 0. The minimum absolute atomic E-state index is 0.341. The summed E-state index contributed by atoms with van der Waals surface area (Å²) in [5, 5.41) is 24.5. The Bertz CT molecular complexity index is 1210. The standard InChI is InChI=1S/C24H28N8/c1-14-9-20(31-30-14)28-22-15(2)21-19(5-3-8-26-21)23(29-22)27-16-10-17-12-24(6-4-7-25)13-18(11-16)32(17)24/h3,5,8-9,16-18H,4,6,10-13H2,1-2H3,(H3,27,28,29,30,31)/t16-,17+,18-,24?. The summed E-state index contributed by atoms with van der Waals surface area (Å²) in [5.74, 6) is 2.43. The SMILES string of the molecule is Cc1cc(Nc2nc(N[C@H]3C[C@@H]4CC5(CCC#N)C[C@H](C3)N45)c3cccnc3c2C)n[nH]1. The summed E-state index contributed by atoms with van der Waals surface area (Å²) in [5.41, 5.74) is 3.32. The number of aromatic nitrogens is 4. The second-order valence-electron chi connectivity index (χ2n) is 9.71. The van der Waals surface area contributed by atoms with Crippen molar-refractivity contribution in [2.24, 2.45) is 0 Å². The predicted molar refractivity (Wildman–Crippen MR) is 124 cm³/mol. The fraction of sp³-hybridized carbons (Fsp3) is 0.500. The molecule has 6 rings (SSSR count). The number of fused-ring (bicyclic) bond motifs is 1. The van der Waals surface area contributed by atoms with Crippen LogP contribution in [0.3, 0.4) is 0 Å². The highest BCUT2D eigenvalue weighted by molar-refractivity contribution is 5.94. The third-order valence-corrected chi connectivity index (χ3v) is 7.67. The van der Waals surface area contributed by atoms with E-state index in [0.29, 0.717) is 30.1 Å². The third kappa shape index (κ3) is 2.95. The first-order valence-electron chi connectivity index (χ1n) is 11.5. The number of aryl methyl sites for hydroxylation is 2. The van der Waals surface area contributed by atoms with E-state index < -0.39 is 0 Å². The first-order valence-corrected chi connectivity index (χ1v) is 11.5. The van der Waals surface area contributed by atoms with Gasteiger partial charge < -0.3 is 10.6 Å². The van der Waals surface area contributed by atoms with Gasteiger partial charge in [0.15, 0.2) is 5.82 Å². The number of aromatic amines is 1. The lowest BCUT2D eigenvalue weighted by atomic mass is 9.57. The van der Waals surface area contributed by atoms with Crippen LogP contribution in [-0.4, -0.2) is 48.7 Å². The van der Waals surface area contributed by atoms with Crippen molar-refractivity contribution >= 4 is 28.4 Å². The van der Waals surface area contributed by atoms with Crippen molar-refractivity contribution in [3.8, 4) is 6.07 Å². The van der Waals surface area contributed by atoms with Crippen LogP contribution in [0.2, 0.25) is 0 Å². The van der Waals surface area contributed by atoms with Crippen molar-refractivity contribution in [2.45, 2.75) is 76.0 Å². The van der Waals surface area contributed by atoms with Gasteiger partial charge in [-0.15, -0.1) is 0 Å². The second-order valence-corrected chi connectivity index (χ2v) is 9.71. The van der Waals surface area contributed by atoms with Crippen LogP contribution in [0, 0.1) is 25.2 Å². The fourth-order valence-electron chi connectivity index (χ4n) is 6.39. The molecule has 0 radical (unpaired) electrons. The molecule has 3 saturated heterocycles. The molecular formula is C24H28N8. The molecule has 3 N–H and O–H groups in total. The largest absolute Gasteiger partial charge is 0.367 e. The summed E-state index contributed by atoms with van der Waals surface area (Å²) in [6.07, 6.45) is 8.27.